The van der Waals surface area contributed by atoms with Gasteiger partial charge in [0.05, 0.1) is 12.7 Å². The predicted molar refractivity (Wildman–Crippen MR) is 60.5 cm³/mol. The maximum Gasteiger partial charge on any atom is 0.338 e. The molecule has 0 aliphatic rings. The van der Waals surface area contributed by atoms with Crippen LogP contribution in [0.15, 0.2) is 34.4 Å². The van der Waals surface area contributed by atoms with E-state index in [4.69, 9.17) is 0 Å². The van der Waals surface area contributed by atoms with Crippen molar-refractivity contribution in [1.29, 1.82) is 0 Å². The van der Waals surface area contributed by atoms with Crippen LogP contribution >= 0.6 is 22.6 Å². The minimum atomic E-state index is -0.305. The Morgan fingerprint density at radius 3 is 2.46 bits per heavy atom. The predicted octanol–water partition coefficient (Wildman–Crippen LogP) is 2.64. The second kappa shape index (κ2) is 5.01. The Labute approximate surface area is 90.7 Å². The van der Waals surface area contributed by atoms with Crippen molar-refractivity contribution in [3.8, 4) is 0 Å². The quantitative estimate of drug-likeness (QED) is 0.475. The summed E-state index contributed by atoms with van der Waals surface area (Å²) in [6.45, 7) is 0. The molecule has 0 aliphatic heterocycles. The van der Waals surface area contributed by atoms with Gasteiger partial charge in [-0.15, -0.1) is 0 Å². The van der Waals surface area contributed by atoms with Gasteiger partial charge in [-0.2, -0.15) is 0 Å². The van der Waals surface area contributed by atoms with Crippen molar-refractivity contribution in [3.05, 3.63) is 40.0 Å². The number of hydrogen-bond donors (Lipinski definition) is 0. The number of carbonyl (C=O) groups excluding carboxylic acids is 1. The molecular weight excluding hydrogens is 279 g/mol. The fraction of sp³-hybridized carbons (Fsp3) is 0.100. The van der Waals surface area contributed by atoms with Crippen molar-refractivity contribution >= 4 is 34.1 Å². The lowest BCUT2D eigenvalue weighted by Crippen LogP contribution is -2.02. The van der Waals surface area contributed by atoms with Gasteiger partial charge in [-0.1, -0.05) is 52.9 Å². The van der Waals surface area contributed by atoms with Gasteiger partial charge in [0.15, 0.2) is 0 Å². The van der Waals surface area contributed by atoms with Crippen LogP contribution in [-0.2, 0) is 9.53 Å². The lowest BCUT2D eigenvalue weighted by molar-refractivity contribution is -0.133. The van der Waals surface area contributed by atoms with E-state index < -0.39 is 0 Å². The third-order valence-corrected chi connectivity index (χ3v) is 2.22. The Morgan fingerprint density at radius 1 is 1.38 bits per heavy atom. The van der Waals surface area contributed by atoms with Crippen LogP contribution < -0.4 is 0 Å². The van der Waals surface area contributed by atoms with Gasteiger partial charge in [0.1, 0.15) is 0 Å². The average molecular weight is 288 g/mol. The van der Waals surface area contributed by atoms with Crippen LogP contribution in [0.4, 0.5) is 0 Å². The van der Waals surface area contributed by atoms with Crippen LogP contribution in [-0.4, -0.2) is 13.1 Å². The molecule has 0 bridgehead atoms. The van der Waals surface area contributed by atoms with Crippen molar-refractivity contribution in [1.82, 2.24) is 0 Å². The minimum absolute atomic E-state index is 0.305. The van der Waals surface area contributed by atoms with Gasteiger partial charge < -0.3 is 4.74 Å². The smallest absolute Gasteiger partial charge is 0.338 e. The first-order valence-corrected chi connectivity index (χ1v) is 4.98. The molecule has 68 valence electrons. The molecule has 0 saturated heterocycles. The highest BCUT2D eigenvalue weighted by molar-refractivity contribution is 14.1. The zero-order valence-corrected chi connectivity index (χ0v) is 9.32. The van der Waals surface area contributed by atoms with E-state index in [1.807, 2.05) is 52.9 Å². The van der Waals surface area contributed by atoms with Crippen LogP contribution in [0.25, 0.3) is 5.57 Å². The molecule has 3 heteroatoms. The molecule has 13 heavy (non-hydrogen) atoms. The summed E-state index contributed by atoms with van der Waals surface area (Å²) in [4.78, 5) is 11.2. The summed E-state index contributed by atoms with van der Waals surface area (Å²) in [6, 6.07) is 9.44. The Balaban J connectivity index is 3.00. The Kier molecular flexibility index (Phi) is 3.95. The largest absolute Gasteiger partial charge is 0.465 e. The highest BCUT2D eigenvalue weighted by Crippen LogP contribution is 2.16. The first-order valence-electron chi connectivity index (χ1n) is 3.73. The standard InChI is InChI=1S/C10H9IO2/c1-13-10(12)9(7-11)8-5-3-2-4-6-8/h2-7H,1H3/b9-7+. The van der Waals surface area contributed by atoms with Gasteiger partial charge in [-0.3, -0.25) is 0 Å². The molecule has 2 nitrogen and oxygen atoms in total. The fourth-order valence-electron chi connectivity index (χ4n) is 0.953. The fourth-order valence-corrected chi connectivity index (χ4v) is 1.57. The van der Waals surface area contributed by atoms with Gasteiger partial charge in [0, 0.05) is 0 Å². The van der Waals surface area contributed by atoms with Crippen molar-refractivity contribution in [2.24, 2.45) is 0 Å². The number of rotatable bonds is 2. The Morgan fingerprint density at radius 2 is 2.00 bits per heavy atom. The zero-order valence-electron chi connectivity index (χ0n) is 7.16. The van der Waals surface area contributed by atoms with E-state index in [1.54, 1.807) is 4.08 Å². The molecule has 0 amide bonds. The number of benzene rings is 1. The van der Waals surface area contributed by atoms with Crippen molar-refractivity contribution in [2.75, 3.05) is 7.11 Å². The van der Waals surface area contributed by atoms with Crippen LogP contribution in [0, 0.1) is 0 Å². The van der Waals surface area contributed by atoms with E-state index in [0.29, 0.717) is 5.57 Å². The SMILES string of the molecule is COC(=O)/C(=C/I)c1ccccc1. The average Bonchev–Trinajstić information content (AvgIpc) is 2.20. The second-order valence-corrected chi connectivity index (χ2v) is 3.00. The van der Waals surface area contributed by atoms with E-state index in [0.717, 1.165) is 5.56 Å². The molecule has 0 radical (unpaired) electrons. The maximum atomic E-state index is 11.2. The van der Waals surface area contributed by atoms with Gasteiger partial charge in [0.2, 0.25) is 0 Å². The Hall–Kier alpha value is -0.840. The van der Waals surface area contributed by atoms with Crippen LogP contribution in [0.3, 0.4) is 0 Å². The van der Waals surface area contributed by atoms with Crippen molar-refractivity contribution < 1.29 is 9.53 Å². The summed E-state index contributed by atoms with van der Waals surface area (Å²) >= 11 is 2.03. The first kappa shape index (κ1) is 10.2. The first-order chi connectivity index (χ1) is 6.29. The summed E-state index contributed by atoms with van der Waals surface area (Å²) < 4.78 is 6.37. The number of carbonyl (C=O) groups is 1. The van der Waals surface area contributed by atoms with E-state index in [2.05, 4.69) is 4.74 Å². The molecule has 1 aromatic rings. The molecular formula is C10H9IO2. The van der Waals surface area contributed by atoms with E-state index in [9.17, 15) is 4.79 Å². The minimum Gasteiger partial charge on any atom is -0.465 e. The van der Waals surface area contributed by atoms with Crippen LogP contribution in [0.1, 0.15) is 5.56 Å². The molecule has 1 rings (SSSR count). The van der Waals surface area contributed by atoms with Gasteiger partial charge in [-0.25, -0.2) is 4.79 Å². The summed E-state index contributed by atoms with van der Waals surface area (Å²) in [5.41, 5.74) is 1.47. The lowest BCUT2D eigenvalue weighted by Gasteiger charge is -2.03. The third kappa shape index (κ3) is 2.55. The van der Waals surface area contributed by atoms with Crippen molar-refractivity contribution in [2.45, 2.75) is 0 Å². The van der Waals surface area contributed by atoms with Gasteiger partial charge in [-0.05, 0) is 9.65 Å². The summed E-state index contributed by atoms with van der Waals surface area (Å²) in [7, 11) is 1.38. The van der Waals surface area contributed by atoms with Crippen molar-refractivity contribution in [3.63, 3.8) is 0 Å². The topological polar surface area (TPSA) is 26.3 Å². The maximum absolute atomic E-state index is 11.2. The van der Waals surface area contributed by atoms with E-state index in [-0.39, 0.29) is 5.97 Å². The second-order valence-electron chi connectivity index (χ2n) is 2.38. The molecule has 0 atom stereocenters. The molecule has 0 N–H and O–H groups in total. The monoisotopic (exact) mass is 288 g/mol. The van der Waals surface area contributed by atoms with Gasteiger partial charge >= 0.3 is 5.97 Å². The summed E-state index contributed by atoms with van der Waals surface area (Å²) in [6.07, 6.45) is 0. The van der Waals surface area contributed by atoms with E-state index in [1.165, 1.54) is 7.11 Å². The zero-order chi connectivity index (χ0) is 9.68. The number of esters is 1. The molecule has 0 unspecified atom stereocenters. The number of ether oxygens (including phenoxy) is 1. The third-order valence-electron chi connectivity index (χ3n) is 1.60. The highest BCUT2D eigenvalue weighted by Gasteiger charge is 2.10. The molecule has 0 spiro atoms. The number of halogens is 1. The highest BCUT2D eigenvalue weighted by atomic mass is 127. The lowest BCUT2D eigenvalue weighted by atomic mass is 10.1. The van der Waals surface area contributed by atoms with Gasteiger partial charge in [0.25, 0.3) is 0 Å². The molecule has 1 aromatic carbocycles. The number of methoxy groups -OCH3 is 1. The van der Waals surface area contributed by atoms with E-state index >= 15 is 0 Å². The Bertz CT molecular complexity index is 317. The molecule has 0 fully saturated rings. The molecule has 0 aliphatic carbocycles. The number of hydrogen-bond acceptors (Lipinski definition) is 2. The normalized spacial score (nSPS) is 11.1. The van der Waals surface area contributed by atoms with Crippen LogP contribution in [0.2, 0.25) is 0 Å². The van der Waals surface area contributed by atoms with Crippen LogP contribution in [0.5, 0.6) is 0 Å². The summed E-state index contributed by atoms with van der Waals surface area (Å²) in [5.74, 6) is -0.305. The molecule has 0 heterocycles. The summed E-state index contributed by atoms with van der Waals surface area (Å²) in [5, 5.41) is 0. The molecule has 0 saturated carbocycles. The molecule has 0 aromatic heterocycles.